The highest BCUT2D eigenvalue weighted by Gasteiger charge is 2.22. The quantitative estimate of drug-likeness (QED) is 0.107. The second-order valence-corrected chi connectivity index (χ2v) is 35.4. The number of nitrogens with zero attached hydrogens (tertiary/aromatic N) is 7. The maximum atomic E-state index is 4.97. The zero-order valence-corrected chi connectivity index (χ0v) is 73.0. The van der Waals surface area contributed by atoms with Crippen molar-refractivity contribution in [2.75, 3.05) is 0 Å². The van der Waals surface area contributed by atoms with Crippen LogP contribution in [-0.2, 0) is 21.7 Å². The average molecular weight is 1610 g/mol. The van der Waals surface area contributed by atoms with Gasteiger partial charge in [0.05, 0.1) is 34.2 Å². The predicted octanol–water partition coefficient (Wildman–Crippen LogP) is 31.0. The molecule has 0 aliphatic rings. The molecule has 0 unspecified atom stereocenters. The fourth-order valence-corrected chi connectivity index (χ4v) is 14.7. The van der Waals surface area contributed by atoms with Crippen molar-refractivity contribution in [1.82, 2.24) is 34.9 Å². The molecular formula is C117H105N7. The Morgan fingerprint density at radius 1 is 0.121 bits per heavy atom. The Balaban J connectivity index is 0.000000130. The topological polar surface area (TPSA) is 90.2 Å². The van der Waals surface area contributed by atoms with Crippen molar-refractivity contribution in [3.8, 4) is 158 Å². The molecule has 0 aliphatic heterocycles. The van der Waals surface area contributed by atoms with Crippen LogP contribution in [0.15, 0.2) is 419 Å². The smallest absolute Gasteiger partial charge is 0.164 e. The Bertz CT molecular complexity index is 6050. The summed E-state index contributed by atoms with van der Waals surface area (Å²) in [7, 11) is 0. The third-order valence-corrected chi connectivity index (χ3v) is 22.1. The van der Waals surface area contributed by atoms with Gasteiger partial charge in [0.25, 0.3) is 0 Å². The van der Waals surface area contributed by atoms with Gasteiger partial charge < -0.3 is 0 Å². The Labute approximate surface area is 733 Å². The molecule has 0 saturated heterocycles. The lowest BCUT2D eigenvalue weighted by molar-refractivity contribution is 0.590. The van der Waals surface area contributed by atoms with E-state index < -0.39 is 0 Å². The van der Waals surface area contributed by atoms with E-state index >= 15 is 0 Å². The van der Waals surface area contributed by atoms with Gasteiger partial charge in [0.1, 0.15) is 0 Å². The van der Waals surface area contributed by atoms with E-state index in [1.807, 2.05) is 72.8 Å². The first-order valence-corrected chi connectivity index (χ1v) is 42.7. The Hall–Kier alpha value is -14.5. The molecule has 0 radical (unpaired) electrons. The van der Waals surface area contributed by atoms with Crippen LogP contribution in [0.2, 0.25) is 0 Å². The molecule has 4 heterocycles. The molecule has 0 saturated carbocycles. The van der Waals surface area contributed by atoms with Gasteiger partial charge in [0.2, 0.25) is 0 Å². The zero-order valence-electron chi connectivity index (χ0n) is 73.0. The van der Waals surface area contributed by atoms with Gasteiger partial charge in [-0.1, -0.05) is 471 Å². The first-order valence-electron chi connectivity index (χ1n) is 42.7. The largest absolute Gasteiger partial charge is 0.248 e. The van der Waals surface area contributed by atoms with Crippen molar-refractivity contribution >= 4 is 0 Å². The van der Waals surface area contributed by atoms with Crippen LogP contribution >= 0.6 is 0 Å². The Kier molecular flexibility index (Phi) is 25.9. The monoisotopic (exact) mass is 1610 g/mol. The lowest BCUT2D eigenvalue weighted by Gasteiger charge is -2.20. The van der Waals surface area contributed by atoms with E-state index in [0.717, 1.165) is 107 Å². The predicted molar refractivity (Wildman–Crippen MR) is 521 cm³/mol. The fraction of sp³-hybridized carbons (Fsp3) is 0.137. The van der Waals surface area contributed by atoms with Crippen molar-refractivity contribution < 1.29 is 0 Å². The second-order valence-electron chi connectivity index (χ2n) is 35.4. The summed E-state index contributed by atoms with van der Waals surface area (Å²) in [6, 6.07) is 146. The van der Waals surface area contributed by atoms with E-state index in [-0.39, 0.29) is 21.7 Å². The summed E-state index contributed by atoms with van der Waals surface area (Å²) < 4.78 is 0. The molecule has 18 aromatic rings. The number of hydrogen-bond donors (Lipinski definition) is 0. The molecule has 0 spiro atoms. The summed E-state index contributed by atoms with van der Waals surface area (Å²) in [6.45, 7) is 26.8. The minimum absolute atomic E-state index is 0.0783. The van der Waals surface area contributed by atoms with Crippen LogP contribution in [0.3, 0.4) is 0 Å². The molecule has 608 valence electrons. The molecule has 0 aliphatic carbocycles. The summed E-state index contributed by atoms with van der Waals surface area (Å²) in [5, 5.41) is 0. The maximum Gasteiger partial charge on any atom is 0.164 e. The van der Waals surface area contributed by atoms with Crippen LogP contribution in [0.4, 0.5) is 0 Å². The van der Waals surface area contributed by atoms with Crippen LogP contribution in [0.5, 0.6) is 0 Å². The fourth-order valence-electron chi connectivity index (χ4n) is 14.7. The van der Waals surface area contributed by atoms with Crippen LogP contribution in [0.25, 0.3) is 158 Å². The summed E-state index contributed by atoms with van der Waals surface area (Å²) in [6.07, 6.45) is 0. The molecule has 7 nitrogen and oxygen atoms in total. The van der Waals surface area contributed by atoms with Gasteiger partial charge in [-0.15, -0.1) is 0 Å². The standard InChI is InChI=1S/C37H31N3.2C27H25N.C26H24N2/c1-37(2,3)33-24-22-32(23-25-33)36-39-34(30-18-14-28(15-19-30)26-10-6-4-7-11-26)38-35(40-36)31-20-16-29(17-21-31)27-12-8-5-9-13-27;1-27(2,3)24-16-10-15-22(17-24)23-18-25(20-11-6-4-7-12-20)28-26(19-23)21-13-8-5-9-14-21;1-27(2,3)24-16-14-20(15-17-24)23-18-25(21-10-6-4-7-11-21)28-26(19-23)22-12-8-5-9-13-22;1-26(2,3)22-16-14-21(15-17-22)25-27-23(19-10-6-4-7-11-19)18-24(28-25)20-12-8-5-9-13-20/h4-25H,1-3H3;2*4-19H,1-3H3;4-18H,1-3H3. The average Bonchev–Trinajstić information content (AvgIpc) is 0.815. The lowest BCUT2D eigenvalue weighted by atomic mass is 9.85. The number of benzene rings is 14. The number of hydrogen-bond acceptors (Lipinski definition) is 7. The molecule has 4 aromatic heterocycles. The first kappa shape index (κ1) is 84.5. The van der Waals surface area contributed by atoms with Gasteiger partial charge >= 0.3 is 0 Å². The third-order valence-electron chi connectivity index (χ3n) is 22.1. The highest BCUT2D eigenvalue weighted by molar-refractivity contribution is 5.81. The molecule has 7 heteroatoms. The molecule has 0 atom stereocenters. The molecule has 0 bridgehead atoms. The third kappa shape index (κ3) is 21.6. The molecular weight excluding hydrogens is 1500 g/mol. The minimum Gasteiger partial charge on any atom is -0.248 e. The van der Waals surface area contributed by atoms with Crippen molar-refractivity contribution in [1.29, 1.82) is 0 Å². The second kappa shape index (κ2) is 38.0. The van der Waals surface area contributed by atoms with Gasteiger partial charge in [-0.2, -0.15) is 0 Å². The van der Waals surface area contributed by atoms with E-state index in [2.05, 4.69) is 429 Å². The highest BCUT2D eigenvalue weighted by Crippen LogP contribution is 2.38. The SMILES string of the molecule is CC(C)(C)c1ccc(-c2cc(-c3ccccc3)nc(-c3ccccc3)c2)cc1.CC(C)(C)c1ccc(-c2nc(-c3ccc(-c4ccccc4)cc3)nc(-c3ccc(-c4ccccc4)cc3)n2)cc1.CC(C)(C)c1ccc(-c2nc(-c3ccccc3)cc(-c3ccccc3)n2)cc1.CC(C)(C)c1cccc(-c2cc(-c3ccccc3)nc(-c3ccccc3)c2)c1. The summed E-state index contributed by atoms with van der Waals surface area (Å²) in [5.41, 5.74) is 31.7. The number of rotatable bonds is 14. The Morgan fingerprint density at radius 2 is 0.306 bits per heavy atom. The van der Waals surface area contributed by atoms with Gasteiger partial charge in [-0.25, -0.2) is 34.9 Å². The first-order chi connectivity index (χ1) is 59.9. The van der Waals surface area contributed by atoms with Crippen molar-refractivity contribution in [3.63, 3.8) is 0 Å². The van der Waals surface area contributed by atoms with Gasteiger partial charge in [0, 0.05) is 55.6 Å². The van der Waals surface area contributed by atoms with E-state index in [1.54, 1.807) is 0 Å². The molecule has 14 aromatic carbocycles. The summed E-state index contributed by atoms with van der Waals surface area (Å²) in [5.74, 6) is 2.73. The van der Waals surface area contributed by atoms with E-state index in [0.29, 0.717) is 17.5 Å². The molecule has 124 heavy (non-hydrogen) atoms. The van der Waals surface area contributed by atoms with Crippen molar-refractivity contribution in [2.24, 2.45) is 0 Å². The van der Waals surface area contributed by atoms with Crippen LogP contribution in [0.1, 0.15) is 105 Å². The molecule has 0 fully saturated rings. The number of aromatic nitrogens is 7. The van der Waals surface area contributed by atoms with E-state index in [9.17, 15) is 0 Å². The number of pyridine rings is 2. The molecule has 0 N–H and O–H groups in total. The summed E-state index contributed by atoms with van der Waals surface area (Å²) >= 11 is 0. The van der Waals surface area contributed by atoms with Gasteiger partial charge in [-0.05, 0) is 119 Å². The highest BCUT2D eigenvalue weighted by atomic mass is 15.0. The van der Waals surface area contributed by atoms with Crippen LogP contribution in [0, 0.1) is 0 Å². The normalized spacial score (nSPS) is 11.4. The maximum absolute atomic E-state index is 4.97. The molecule has 0 amide bonds. The van der Waals surface area contributed by atoms with Crippen LogP contribution < -0.4 is 0 Å². The van der Waals surface area contributed by atoms with Gasteiger partial charge in [0.15, 0.2) is 23.3 Å². The van der Waals surface area contributed by atoms with E-state index in [4.69, 9.17) is 34.9 Å². The summed E-state index contributed by atoms with van der Waals surface area (Å²) in [4.78, 5) is 34.5. The van der Waals surface area contributed by atoms with Gasteiger partial charge in [-0.3, -0.25) is 0 Å². The van der Waals surface area contributed by atoms with Crippen molar-refractivity contribution in [3.05, 3.63) is 441 Å². The Morgan fingerprint density at radius 3 is 0.565 bits per heavy atom. The van der Waals surface area contributed by atoms with Crippen molar-refractivity contribution in [2.45, 2.75) is 105 Å². The minimum atomic E-state index is 0.0783. The zero-order chi connectivity index (χ0) is 86.2. The van der Waals surface area contributed by atoms with Crippen LogP contribution in [-0.4, -0.2) is 34.9 Å². The molecule has 18 rings (SSSR count). The lowest BCUT2D eigenvalue weighted by Crippen LogP contribution is -2.10. The van der Waals surface area contributed by atoms with E-state index in [1.165, 1.54) is 55.6 Å².